The van der Waals surface area contributed by atoms with Crippen molar-refractivity contribution in [3.63, 3.8) is 0 Å². The van der Waals surface area contributed by atoms with Crippen LogP contribution in [0.2, 0.25) is 0 Å². The van der Waals surface area contributed by atoms with Gasteiger partial charge in [-0.25, -0.2) is 4.79 Å². The van der Waals surface area contributed by atoms with Crippen LogP contribution in [0.1, 0.15) is 26.3 Å². The monoisotopic (exact) mass is 248 g/mol. The van der Waals surface area contributed by atoms with Gasteiger partial charge < -0.3 is 10.1 Å². The zero-order valence-electron chi connectivity index (χ0n) is 11.4. The molecular formula is C14H20N2O2. The van der Waals surface area contributed by atoms with Crippen molar-refractivity contribution in [3.05, 3.63) is 23.8 Å². The maximum atomic E-state index is 12.2. The number of carbonyl (C=O) groups excluding carboxylic acids is 1. The summed E-state index contributed by atoms with van der Waals surface area (Å²) in [6, 6.07) is 6.04. The maximum Gasteiger partial charge on any atom is 0.414 e. The Morgan fingerprint density at radius 1 is 1.39 bits per heavy atom. The van der Waals surface area contributed by atoms with Crippen molar-refractivity contribution in [1.82, 2.24) is 0 Å². The number of nitrogens with one attached hydrogen (secondary N) is 1. The Morgan fingerprint density at radius 2 is 2.11 bits per heavy atom. The van der Waals surface area contributed by atoms with E-state index < -0.39 is 5.60 Å². The third-order valence-electron chi connectivity index (χ3n) is 2.71. The standard InChI is InChI=1S/C14H20N2O2/c1-10-5-6-11-12(9-10)16(8-7-15-11)13(17)18-14(2,3)4/h5-6,9,15H,7-8H2,1-4H3. The Labute approximate surface area is 108 Å². The number of anilines is 2. The molecule has 98 valence electrons. The molecule has 18 heavy (non-hydrogen) atoms. The van der Waals surface area contributed by atoms with E-state index in [0.717, 1.165) is 23.5 Å². The van der Waals surface area contributed by atoms with Gasteiger partial charge in [-0.2, -0.15) is 0 Å². The van der Waals surface area contributed by atoms with Crippen LogP contribution in [0.15, 0.2) is 18.2 Å². The Bertz CT molecular complexity index is 463. The average molecular weight is 248 g/mol. The van der Waals surface area contributed by atoms with Crippen molar-refractivity contribution < 1.29 is 9.53 Å². The van der Waals surface area contributed by atoms with Crippen molar-refractivity contribution in [3.8, 4) is 0 Å². The second-order valence-electron chi connectivity index (χ2n) is 5.58. The molecule has 1 aliphatic rings. The van der Waals surface area contributed by atoms with Crippen molar-refractivity contribution in [2.75, 3.05) is 23.3 Å². The van der Waals surface area contributed by atoms with Gasteiger partial charge in [0.05, 0.1) is 11.4 Å². The topological polar surface area (TPSA) is 41.6 Å². The molecule has 1 aromatic rings. The lowest BCUT2D eigenvalue weighted by Crippen LogP contribution is -2.42. The highest BCUT2D eigenvalue weighted by Gasteiger charge is 2.27. The van der Waals surface area contributed by atoms with Crippen molar-refractivity contribution in [2.45, 2.75) is 33.3 Å². The fourth-order valence-corrected chi connectivity index (χ4v) is 1.94. The first kappa shape index (κ1) is 12.7. The maximum absolute atomic E-state index is 12.2. The number of ether oxygens (including phenoxy) is 1. The molecule has 2 rings (SSSR count). The van der Waals surface area contributed by atoms with Gasteiger partial charge in [-0.1, -0.05) is 6.07 Å². The van der Waals surface area contributed by atoms with Crippen LogP contribution < -0.4 is 10.2 Å². The van der Waals surface area contributed by atoms with E-state index in [9.17, 15) is 4.79 Å². The summed E-state index contributed by atoms with van der Waals surface area (Å²) >= 11 is 0. The van der Waals surface area contributed by atoms with E-state index in [1.165, 1.54) is 0 Å². The van der Waals surface area contributed by atoms with Crippen LogP contribution in [0.4, 0.5) is 16.2 Å². The molecule has 0 radical (unpaired) electrons. The van der Waals surface area contributed by atoms with Gasteiger partial charge in [0.1, 0.15) is 5.60 Å². The van der Waals surface area contributed by atoms with Gasteiger partial charge in [0.15, 0.2) is 0 Å². The van der Waals surface area contributed by atoms with Crippen LogP contribution in [0.25, 0.3) is 0 Å². The number of nitrogens with zero attached hydrogens (tertiary/aromatic N) is 1. The molecule has 0 atom stereocenters. The van der Waals surface area contributed by atoms with Crippen LogP contribution in [-0.4, -0.2) is 24.8 Å². The van der Waals surface area contributed by atoms with E-state index in [0.29, 0.717) is 6.54 Å². The first-order chi connectivity index (χ1) is 8.37. The van der Waals surface area contributed by atoms with Gasteiger partial charge >= 0.3 is 6.09 Å². The molecule has 4 heteroatoms. The normalized spacial score (nSPS) is 14.8. The van der Waals surface area contributed by atoms with Crippen molar-refractivity contribution >= 4 is 17.5 Å². The fourth-order valence-electron chi connectivity index (χ4n) is 1.94. The van der Waals surface area contributed by atoms with Crippen LogP contribution in [-0.2, 0) is 4.74 Å². The molecule has 0 unspecified atom stereocenters. The smallest absolute Gasteiger partial charge is 0.414 e. The van der Waals surface area contributed by atoms with E-state index >= 15 is 0 Å². The largest absolute Gasteiger partial charge is 0.443 e. The molecule has 0 aliphatic carbocycles. The predicted molar refractivity (Wildman–Crippen MR) is 73.2 cm³/mol. The molecule has 0 aromatic heterocycles. The summed E-state index contributed by atoms with van der Waals surface area (Å²) in [6.45, 7) is 9.03. The highest BCUT2D eigenvalue weighted by molar-refractivity contribution is 5.93. The summed E-state index contributed by atoms with van der Waals surface area (Å²) in [4.78, 5) is 13.9. The molecule has 0 bridgehead atoms. The number of hydrogen-bond acceptors (Lipinski definition) is 3. The van der Waals surface area contributed by atoms with Crippen LogP contribution in [0.3, 0.4) is 0 Å². The summed E-state index contributed by atoms with van der Waals surface area (Å²) in [7, 11) is 0. The van der Waals surface area contributed by atoms with Crippen molar-refractivity contribution in [2.24, 2.45) is 0 Å². The lowest BCUT2D eigenvalue weighted by Gasteiger charge is -2.32. The molecule has 1 aliphatic heterocycles. The molecular weight excluding hydrogens is 228 g/mol. The number of aryl methyl sites for hydroxylation is 1. The molecule has 1 amide bonds. The Balaban J connectivity index is 2.27. The van der Waals surface area contributed by atoms with Gasteiger partial charge in [0, 0.05) is 13.1 Å². The number of amides is 1. The van der Waals surface area contributed by atoms with E-state index in [4.69, 9.17) is 4.74 Å². The predicted octanol–water partition coefficient (Wildman–Crippen LogP) is 3.16. The number of hydrogen-bond donors (Lipinski definition) is 1. The summed E-state index contributed by atoms with van der Waals surface area (Å²) in [5.41, 5.74) is 2.55. The second kappa shape index (κ2) is 4.52. The van der Waals surface area contributed by atoms with Gasteiger partial charge in [-0.15, -0.1) is 0 Å². The van der Waals surface area contributed by atoms with Crippen LogP contribution in [0.5, 0.6) is 0 Å². The van der Waals surface area contributed by atoms with Crippen LogP contribution >= 0.6 is 0 Å². The van der Waals surface area contributed by atoms with E-state index in [1.54, 1.807) is 4.90 Å². The lowest BCUT2D eigenvalue weighted by molar-refractivity contribution is 0.0581. The SMILES string of the molecule is Cc1ccc2c(c1)N(C(=O)OC(C)(C)C)CCN2. The molecule has 1 N–H and O–H groups in total. The molecule has 0 saturated heterocycles. The van der Waals surface area contributed by atoms with E-state index in [-0.39, 0.29) is 6.09 Å². The second-order valence-corrected chi connectivity index (χ2v) is 5.58. The molecule has 0 spiro atoms. The summed E-state index contributed by atoms with van der Waals surface area (Å²) in [6.07, 6.45) is -0.282. The Hall–Kier alpha value is -1.71. The number of fused-ring (bicyclic) bond motifs is 1. The summed E-state index contributed by atoms with van der Waals surface area (Å²) in [5, 5.41) is 3.29. The van der Waals surface area contributed by atoms with Gasteiger partial charge in [-0.05, 0) is 45.4 Å². The molecule has 1 heterocycles. The third-order valence-corrected chi connectivity index (χ3v) is 2.71. The molecule has 4 nitrogen and oxygen atoms in total. The third kappa shape index (κ3) is 2.75. The summed E-state index contributed by atoms with van der Waals surface area (Å²) < 4.78 is 5.43. The minimum atomic E-state index is -0.466. The Morgan fingerprint density at radius 3 is 2.78 bits per heavy atom. The molecule has 0 saturated carbocycles. The highest BCUT2D eigenvalue weighted by atomic mass is 16.6. The number of rotatable bonds is 0. The van der Waals surface area contributed by atoms with Crippen LogP contribution in [0, 0.1) is 6.92 Å². The van der Waals surface area contributed by atoms with Gasteiger partial charge in [-0.3, -0.25) is 4.90 Å². The quantitative estimate of drug-likeness (QED) is 0.766. The van der Waals surface area contributed by atoms with Gasteiger partial charge in [0.2, 0.25) is 0 Å². The first-order valence-electron chi connectivity index (χ1n) is 6.22. The van der Waals surface area contributed by atoms with E-state index in [1.807, 2.05) is 45.9 Å². The lowest BCUT2D eigenvalue weighted by atomic mass is 10.1. The Kier molecular flexibility index (Phi) is 3.20. The minimum Gasteiger partial charge on any atom is -0.443 e. The van der Waals surface area contributed by atoms with Gasteiger partial charge in [0.25, 0.3) is 0 Å². The number of carbonyl (C=O) groups is 1. The van der Waals surface area contributed by atoms with E-state index in [2.05, 4.69) is 5.32 Å². The van der Waals surface area contributed by atoms with Crippen molar-refractivity contribution in [1.29, 1.82) is 0 Å². The average Bonchev–Trinajstić information content (AvgIpc) is 2.25. The molecule has 1 aromatic carbocycles. The zero-order valence-corrected chi connectivity index (χ0v) is 11.4. The summed E-state index contributed by atoms with van der Waals surface area (Å²) in [5.74, 6) is 0. The number of benzene rings is 1. The molecule has 0 fully saturated rings. The highest BCUT2D eigenvalue weighted by Crippen LogP contribution is 2.30. The zero-order chi connectivity index (χ0) is 13.3. The minimum absolute atomic E-state index is 0.282. The first-order valence-corrected chi connectivity index (χ1v) is 6.22. The fraction of sp³-hybridized carbons (Fsp3) is 0.500.